The summed E-state index contributed by atoms with van der Waals surface area (Å²) in [7, 11) is 0. The van der Waals surface area contributed by atoms with Crippen molar-refractivity contribution in [1.82, 2.24) is 5.32 Å². The Morgan fingerprint density at radius 2 is 2.11 bits per heavy atom. The second-order valence-electron chi connectivity index (χ2n) is 3.57. The number of nitrogens with one attached hydrogen (secondary N) is 1. The summed E-state index contributed by atoms with van der Waals surface area (Å²) in [6.07, 6.45) is 0.407. The third-order valence-corrected chi connectivity index (χ3v) is 2.15. The van der Waals surface area contributed by atoms with E-state index in [4.69, 9.17) is 4.74 Å². The van der Waals surface area contributed by atoms with Gasteiger partial charge in [0.25, 0.3) is 5.09 Å². The van der Waals surface area contributed by atoms with E-state index in [1.54, 1.807) is 0 Å². The minimum Gasteiger partial charge on any atom is -0.425 e. The van der Waals surface area contributed by atoms with Crippen LogP contribution in [-0.2, 0) is 21.0 Å². The van der Waals surface area contributed by atoms with Gasteiger partial charge in [-0.2, -0.15) is 0 Å². The zero-order valence-electron chi connectivity index (χ0n) is 10.1. The molecule has 0 saturated carbocycles. The maximum Gasteiger partial charge on any atom is 0.333 e. The summed E-state index contributed by atoms with van der Waals surface area (Å²) in [5.74, 6) is -0.337. The Bertz CT molecular complexity index is 459. The highest BCUT2D eigenvalue weighted by Gasteiger charge is 2.13. The van der Waals surface area contributed by atoms with E-state index in [9.17, 15) is 19.7 Å². The standard InChI is InChI=1S/C11H12N2O6/c1-8(12-7-14)11(15)19-10-4-2-9(3-5-10)6-18-13(16)17/h2-5,7-8H,6H2,1H3,(H,12,14). The Hall–Kier alpha value is -2.64. The first kappa shape index (κ1) is 14.4. The number of amides is 1. The van der Waals surface area contributed by atoms with Crippen LogP contribution >= 0.6 is 0 Å². The van der Waals surface area contributed by atoms with Gasteiger partial charge in [-0.1, -0.05) is 12.1 Å². The van der Waals surface area contributed by atoms with Crippen molar-refractivity contribution in [1.29, 1.82) is 0 Å². The highest BCUT2D eigenvalue weighted by atomic mass is 16.9. The molecule has 0 aliphatic rings. The molecule has 8 heteroatoms. The highest BCUT2D eigenvalue weighted by molar-refractivity contribution is 5.79. The molecular formula is C11H12N2O6. The number of ether oxygens (including phenoxy) is 1. The minimum atomic E-state index is -0.888. The molecule has 0 saturated heterocycles. The van der Waals surface area contributed by atoms with Crippen molar-refractivity contribution in [2.45, 2.75) is 19.6 Å². The number of benzene rings is 1. The van der Waals surface area contributed by atoms with Crippen molar-refractivity contribution >= 4 is 12.4 Å². The molecule has 0 radical (unpaired) electrons. The Balaban J connectivity index is 2.54. The van der Waals surface area contributed by atoms with E-state index >= 15 is 0 Å². The number of esters is 1. The lowest BCUT2D eigenvalue weighted by molar-refractivity contribution is -0.763. The summed E-state index contributed by atoms with van der Waals surface area (Å²) in [6, 6.07) is 5.26. The summed E-state index contributed by atoms with van der Waals surface area (Å²) in [5.41, 5.74) is 0.565. The van der Waals surface area contributed by atoms with Gasteiger partial charge in [-0.15, -0.1) is 10.1 Å². The van der Waals surface area contributed by atoms with Crippen LogP contribution in [0.5, 0.6) is 5.75 Å². The number of carbonyl (C=O) groups excluding carboxylic acids is 2. The van der Waals surface area contributed by atoms with E-state index in [1.165, 1.54) is 31.2 Å². The molecule has 0 heterocycles. The van der Waals surface area contributed by atoms with Gasteiger partial charge in [0, 0.05) is 0 Å². The smallest absolute Gasteiger partial charge is 0.333 e. The molecule has 1 atom stereocenters. The van der Waals surface area contributed by atoms with Crippen LogP contribution in [0.3, 0.4) is 0 Å². The largest absolute Gasteiger partial charge is 0.425 e. The number of hydrogen-bond acceptors (Lipinski definition) is 6. The fourth-order valence-electron chi connectivity index (χ4n) is 1.16. The Morgan fingerprint density at radius 3 is 2.63 bits per heavy atom. The average Bonchev–Trinajstić information content (AvgIpc) is 2.38. The van der Waals surface area contributed by atoms with Crippen LogP contribution in [0.4, 0.5) is 0 Å². The van der Waals surface area contributed by atoms with Crippen molar-refractivity contribution in [2.75, 3.05) is 0 Å². The van der Waals surface area contributed by atoms with Gasteiger partial charge in [0.05, 0.1) is 0 Å². The SMILES string of the molecule is CC(NC=O)C(=O)Oc1ccc(CO[N+](=O)[O-])cc1. The van der Waals surface area contributed by atoms with Gasteiger partial charge >= 0.3 is 5.97 Å². The molecular weight excluding hydrogens is 256 g/mol. The van der Waals surface area contributed by atoms with Crippen molar-refractivity contribution in [3.8, 4) is 5.75 Å². The van der Waals surface area contributed by atoms with Gasteiger partial charge in [0.2, 0.25) is 6.41 Å². The summed E-state index contributed by atoms with van der Waals surface area (Å²) in [6.45, 7) is 1.31. The van der Waals surface area contributed by atoms with Gasteiger partial charge in [-0.05, 0) is 24.6 Å². The van der Waals surface area contributed by atoms with E-state index in [-0.39, 0.29) is 12.4 Å². The molecule has 0 aromatic heterocycles. The first-order chi connectivity index (χ1) is 9.02. The predicted octanol–water partition coefficient (Wildman–Crippen LogP) is 0.435. The van der Waals surface area contributed by atoms with Gasteiger partial charge in [-0.25, -0.2) is 4.79 Å². The molecule has 0 bridgehead atoms. The quantitative estimate of drug-likeness (QED) is 0.253. The maximum atomic E-state index is 11.4. The van der Waals surface area contributed by atoms with E-state index in [0.29, 0.717) is 12.0 Å². The molecule has 102 valence electrons. The van der Waals surface area contributed by atoms with Crippen LogP contribution in [0, 0.1) is 10.1 Å². The number of carbonyl (C=O) groups is 2. The fraction of sp³-hybridized carbons (Fsp3) is 0.273. The maximum absolute atomic E-state index is 11.4. The van der Waals surface area contributed by atoms with Gasteiger partial charge in [0.15, 0.2) is 0 Å². The van der Waals surface area contributed by atoms with Crippen molar-refractivity contribution in [3.05, 3.63) is 39.9 Å². The fourth-order valence-corrected chi connectivity index (χ4v) is 1.16. The van der Waals surface area contributed by atoms with Crippen LogP contribution in [-0.4, -0.2) is 23.5 Å². The van der Waals surface area contributed by atoms with Gasteiger partial charge < -0.3 is 14.9 Å². The molecule has 0 fully saturated rings. The van der Waals surface area contributed by atoms with Gasteiger partial charge in [-0.3, -0.25) is 4.79 Å². The van der Waals surface area contributed by atoms with Gasteiger partial charge in [0.1, 0.15) is 18.4 Å². The summed E-state index contributed by atoms with van der Waals surface area (Å²) < 4.78 is 4.97. The first-order valence-corrected chi connectivity index (χ1v) is 5.30. The van der Waals surface area contributed by atoms with Crippen molar-refractivity contribution < 1.29 is 24.3 Å². The minimum absolute atomic E-state index is 0.176. The zero-order chi connectivity index (χ0) is 14.3. The van der Waals surface area contributed by atoms with Crippen LogP contribution in [0.1, 0.15) is 12.5 Å². The lowest BCUT2D eigenvalue weighted by Gasteiger charge is -2.10. The molecule has 1 aromatic carbocycles. The van der Waals surface area contributed by atoms with Crippen LogP contribution in [0.15, 0.2) is 24.3 Å². The van der Waals surface area contributed by atoms with Crippen molar-refractivity contribution in [2.24, 2.45) is 0 Å². The van der Waals surface area contributed by atoms with E-state index in [2.05, 4.69) is 10.2 Å². The van der Waals surface area contributed by atoms with E-state index in [1.807, 2.05) is 0 Å². The second-order valence-corrected chi connectivity index (χ2v) is 3.57. The lowest BCUT2D eigenvalue weighted by atomic mass is 10.2. The topological polar surface area (TPSA) is 108 Å². The molecule has 1 unspecified atom stereocenters. The molecule has 0 spiro atoms. The third-order valence-electron chi connectivity index (χ3n) is 2.15. The monoisotopic (exact) mass is 268 g/mol. The van der Waals surface area contributed by atoms with Crippen molar-refractivity contribution in [3.63, 3.8) is 0 Å². The summed E-state index contributed by atoms with van der Waals surface area (Å²) in [5, 5.41) is 11.4. The van der Waals surface area contributed by atoms with E-state index < -0.39 is 17.1 Å². The molecule has 1 N–H and O–H groups in total. The Kier molecular flexibility index (Phi) is 5.27. The average molecular weight is 268 g/mol. The normalized spacial score (nSPS) is 11.2. The number of rotatable bonds is 7. The Labute approximate surface area is 108 Å². The molecule has 0 aliphatic carbocycles. The zero-order valence-corrected chi connectivity index (χ0v) is 10.1. The lowest BCUT2D eigenvalue weighted by Crippen LogP contribution is -2.35. The number of hydrogen-bond donors (Lipinski definition) is 1. The second kappa shape index (κ2) is 6.94. The highest BCUT2D eigenvalue weighted by Crippen LogP contribution is 2.13. The molecule has 1 amide bonds. The predicted molar refractivity (Wildman–Crippen MR) is 62.5 cm³/mol. The third kappa shape index (κ3) is 5.02. The molecule has 1 rings (SSSR count). The molecule has 0 aliphatic heterocycles. The molecule has 19 heavy (non-hydrogen) atoms. The summed E-state index contributed by atoms with van der Waals surface area (Å²) in [4.78, 5) is 35.8. The molecule has 8 nitrogen and oxygen atoms in total. The van der Waals surface area contributed by atoms with Crippen LogP contribution in [0.25, 0.3) is 0 Å². The number of nitrogens with zero attached hydrogens (tertiary/aromatic N) is 1. The van der Waals surface area contributed by atoms with Crippen LogP contribution < -0.4 is 10.1 Å². The molecule has 1 aromatic rings. The van der Waals surface area contributed by atoms with Crippen LogP contribution in [0.2, 0.25) is 0 Å². The Morgan fingerprint density at radius 1 is 1.47 bits per heavy atom. The van der Waals surface area contributed by atoms with E-state index in [0.717, 1.165) is 0 Å². The first-order valence-electron chi connectivity index (χ1n) is 5.30. The summed E-state index contributed by atoms with van der Waals surface area (Å²) >= 11 is 0.